The van der Waals surface area contributed by atoms with Crippen LogP contribution in [0.3, 0.4) is 0 Å². The number of piperidine rings is 1. The van der Waals surface area contributed by atoms with Gasteiger partial charge in [0.15, 0.2) is 0 Å². The van der Waals surface area contributed by atoms with Crippen LogP contribution in [0, 0.1) is 0 Å². The molecule has 1 aromatic rings. The molecule has 1 aliphatic heterocycles. The number of carbonyl (C=O) groups excluding carboxylic acids is 1. The highest BCUT2D eigenvalue weighted by Gasteiger charge is 2.20. The van der Waals surface area contributed by atoms with Crippen molar-refractivity contribution in [2.75, 3.05) is 31.6 Å². The molecule has 1 aliphatic rings. The van der Waals surface area contributed by atoms with Gasteiger partial charge in [0.1, 0.15) is 5.82 Å². The molecule has 0 bridgehead atoms. The molecule has 5 heteroatoms. The molecule has 2 N–H and O–H groups in total. The number of rotatable bonds is 4. The van der Waals surface area contributed by atoms with Crippen LogP contribution in [0.2, 0.25) is 0 Å². The summed E-state index contributed by atoms with van der Waals surface area (Å²) >= 11 is 0. The van der Waals surface area contributed by atoms with Gasteiger partial charge in [0.05, 0.1) is 6.54 Å². The summed E-state index contributed by atoms with van der Waals surface area (Å²) in [6.45, 7) is 2.28. The fourth-order valence-electron chi connectivity index (χ4n) is 2.23. The van der Waals surface area contributed by atoms with Crippen molar-refractivity contribution in [3.05, 3.63) is 24.4 Å². The maximum absolute atomic E-state index is 11.5. The average molecular weight is 248 g/mol. The molecule has 0 aliphatic carbocycles. The quantitative estimate of drug-likeness (QED) is 0.809. The van der Waals surface area contributed by atoms with Gasteiger partial charge in [0.2, 0.25) is 5.91 Å². The van der Waals surface area contributed by atoms with E-state index in [1.165, 1.54) is 0 Å². The van der Waals surface area contributed by atoms with Gasteiger partial charge in [-0.3, -0.25) is 4.79 Å². The van der Waals surface area contributed by atoms with E-state index in [9.17, 15) is 4.79 Å². The summed E-state index contributed by atoms with van der Waals surface area (Å²) in [5, 5.41) is 5.90. The van der Waals surface area contributed by atoms with Crippen LogP contribution in [0.4, 0.5) is 5.82 Å². The fourth-order valence-corrected chi connectivity index (χ4v) is 2.23. The summed E-state index contributed by atoms with van der Waals surface area (Å²) in [6, 6.07) is 6.25. The normalized spacial score (nSPS) is 16.6. The van der Waals surface area contributed by atoms with E-state index in [1.807, 2.05) is 24.4 Å². The van der Waals surface area contributed by atoms with Crippen LogP contribution in [-0.2, 0) is 4.79 Å². The number of amides is 1. The molecular formula is C13H20N4O. The van der Waals surface area contributed by atoms with Crippen LogP contribution < -0.4 is 15.5 Å². The minimum absolute atomic E-state index is 0.0776. The van der Waals surface area contributed by atoms with E-state index in [-0.39, 0.29) is 5.91 Å². The Morgan fingerprint density at radius 3 is 2.83 bits per heavy atom. The van der Waals surface area contributed by atoms with Crippen molar-refractivity contribution in [2.45, 2.75) is 18.9 Å². The zero-order valence-corrected chi connectivity index (χ0v) is 10.7. The summed E-state index contributed by atoms with van der Waals surface area (Å²) in [4.78, 5) is 18.1. The van der Waals surface area contributed by atoms with Gasteiger partial charge in [-0.1, -0.05) is 6.07 Å². The smallest absolute Gasteiger partial charge is 0.234 e. The van der Waals surface area contributed by atoms with Crippen LogP contribution in [0.15, 0.2) is 24.4 Å². The largest absolute Gasteiger partial charge is 0.356 e. The van der Waals surface area contributed by atoms with E-state index < -0.39 is 0 Å². The monoisotopic (exact) mass is 248 g/mol. The number of hydrogen-bond donors (Lipinski definition) is 2. The Morgan fingerprint density at radius 1 is 1.44 bits per heavy atom. The van der Waals surface area contributed by atoms with E-state index in [4.69, 9.17) is 0 Å². The van der Waals surface area contributed by atoms with E-state index in [2.05, 4.69) is 20.5 Å². The number of nitrogens with one attached hydrogen (secondary N) is 2. The van der Waals surface area contributed by atoms with Crippen molar-refractivity contribution in [2.24, 2.45) is 0 Å². The first-order valence-electron chi connectivity index (χ1n) is 6.39. The molecular weight excluding hydrogens is 228 g/mol. The molecule has 0 radical (unpaired) electrons. The average Bonchev–Trinajstić information content (AvgIpc) is 2.41. The maximum atomic E-state index is 11.5. The molecule has 2 heterocycles. The number of hydrogen-bond acceptors (Lipinski definition) is 4. The van der Waals surface area contributed by atoms with Crippen LogP contribution in [-0.4, -0.2) is 43.6 Å². The van der Waals surface area contributed by atoms with E-state index in [0.717, 1.165) is 31.7 Å². The van der Waals surface area contributed by atoms with Crippen molar-refractivity contribution in [1.29, 1.82) is 0 Å². The van der Waals surface area contributed by atoms with Crippen molar-refractivity contribution < 1.29 is 4.79 Å². The third kappa shape index (κ3) is 3.43. The molecule has 2 rings (SSSR count). The second-order valence-electron chi connectivity index (χ2n) is 4.55. The van der Waals surface area contributed by atoms with Crippen molar-refractivity contribution in [3.8, 4) is 0 Å². The van der Waals surface area contributed by atoms with Gasteiger partial charge >= 0.3 is 0 Å². The van der Waals surface area contributed by atoms with Crippen LogP contribution in [0.1, 0.15) is 12.8 Å². The Kier molecular flexibility index (Phi) is 4.52. The number of anilines is 1. The molecule has 98 valence electrons. The predicted molar refractivity (Wildman–Crippen MR) is 71.5 cm³/mol. The maximum Gasteiger partial charge on any atom is 0.234 e. The number of aromatic nitrogens is 1. The molecule has 0 saturated carbocycles. The van der Waals surface area contributed by atoms with Gasteiger partial charge < -0.3 is 15.5 Å². The van der Waals surface area contributed by atoms with Crippen molar-refractivity contribution in [1.82, 2.24) is 15.6 Å². The number of likely N-dealkylation sites (N-methyl/N-ethyl adjacent to an activating group) is 1. The molecule has 18 heavy (non-hydrogen) atoms. The highest BCUT2D eigenvalue weighted by molar-refractivity contribution is 5.78. The number of carbonyl (C=O) groups is 1. The third-order valence-corrected chi connectivity index (χ3v) is 3.17. The van der Waals surface area contributed by atoms with Gasteiger partial charge in [0.25, 0.3) is 0 Å². The highest BCUT2D eigenvalue weighted by atomic mass is 16.1. The van der Waals surface area contributed by atoms with E-state index >= 15 is 0 Å². The van der Waals surface area contributed by atoms with E-state index in [1.54, 1.807) is 7.05 Å². The highest BCUT2D eigenvalue weighted by Crippen LogP contribution is 2.16. The van der Waals surface area contributed by atoms with Crippen LogP contribution in [0.25, 0.3) is 0 Å². The van der Waals surface area contributed by atoms with Crippen LogP contribution in [0.5, 0.6) is 0 Å². The topological polar surface area (TPSA) is 57.3 Å². The lowest BCUT2D eigenvalue weighted by atomic mass is 10.0. The van der Waals surface area contributed by atoms with Crippen molar-refractivity contribution in [3.63, 3.8) is 0 Å². The Morgan fingerprint density at radius 2 is 2.22 bits per heavy atom. The van der Waals surface area contributed by atoms with E-state index in [0.29, 0.717) is 12.6 Å². The second-order valence-corrected chi connectivity index (χ2v) is 4.55. The lowest BCUT2D eigenvalue weighted by Gasteiger charge is -2.33. The SMILES string of the molecule is CNCC(=O)NC1CCN(c2ccccn2)CC1. The number of pyridine rings is 1. The third-order valence-electron chi connectivity index (χ3n) is 3.17. The summed E-state index contributed by atoms with van der Waals surface area (Å²) in [5.74, 6) is 1.10. The first-order valence-corrected chi connectivity index (χ1v) is 6.39. The molecule has 0 unspecified atom stereocenters. The molecule has 1 saturated heterocycles. The minimum Gasteiger partial charge on any atom is -0.356 e. The standard InChI is InChI=1S/C13H20N4O/c1-14-10-13(18)16-11-5-8-17(9-6-11)12-4-2-3-7-15-12/h2-4,7,11,14H,5-6,8-10H2,1H3,(H,16,18). The molecule has 1 fully saturated rings. The Balaban J connectivity index is 1.80. The molecule has 0 aromatic carbocycles. The Hall–Kier alpha value is -1.62. The first-order chi connectivity index (χ1) is 8.79. The van der Waals surface area contributed by atoms with Gasteiger partial charge in [-0.2, -0.15) is 0 Å². The fraction of sp³-hybridized carbons (Fsp3) is 0.538. The molecule has 0 spiro atoms. The summed E-state index contributed by atoms with van der Waals surface area (Å²) in [5.41, 5.74) is 0. The second kappa shape index (κ2) is 6.35. The van der Waals surface area contributed by atoms with Gasteiger partial charge in [0, 0.05) is 25.3 Å². The first kappa shape index (κ1) is 12.8. The summed E-state index contributed by atoms with van der Waals surface area (Å²) in [6.07, 6.45) is 3.77. The predicted octanol–water partition coefficient (Wildman–Crippen LogP) is 0.386. The van der Waals surface area contributed by atoms with Gasteiger partial charge in [-0.25, -0.2) is 4.98 Å². The number of nitrogens with zero attached hydrogens (tertiary/aromatic N) is 2. The lowest BCUT2D eigenvalue weighted by molar-refractivity contribution is -0.120. The summed E-state index contributed by atoms with van der Waals surface area (Å²) < 4.78 is 0. The Bertz CT molecular complexity index is 374. The van der Waals surface area contributed by atoms with Crippen molar-refractivity contribution >= 4 is 11.7 Å². The summed E-state index contributed by atoms with van der Waals surface area (Å²) in [7, 11) is 1.78. The minimum atomic E-state index is 0.0776. The molecule has 1 amide bonds. The van der Waals surface area contributed by atoms with Gasteiger partial charge in [-0.15, -0.1) is 0 Å². The molecule has 1 aromatic heterocycles. The lowest BCUT2D eigenvalue weighted by Crippen LogP contribution is -2.46. The zero-order valence-electron chi connectivity index (χ0n) is 10.7. The Labute approximate surface area is 108 Å². The zero-order chi connectivity index (χ0) is 12.8. The van der Waals surface area contributed by atoms with Gasteiger partial charge in [-0.05, 0) is 32.0 Å². The molecule has 0 atom stereocenters. The van der Waals surface area contributed by atoms with Crippen LogP contribution >= 0.6 is 0 Å². The molecule has 5 nitrogen and oxygen atoms in total.